The van der Waals surface area contributed by atoms with Crippen molar-refractivity contribution in [2.24, 2.45) is 0 Å². The molecule has 3 aromatic rings. The topological polar surface area (TPSA) is 46.9 Å². The summed E-state index contributed by atoms with van der Waals surface area (Å²) in [6.45, 7) is 7.09. The summed E-state index contributed by atoms with van der Waals surface area (Å²) in [6.07, 6.45) is 0. The van der Waals surface area contributed by atoms with Gasteiger partial charge in [0.1, 0.15) is 18.9 Å². The van der Waals surface area contributed by atoms with Crippen molar-refractivity contribution in [3.63, 3.8) is 0 Å². The molecule has 1 saturated heterocycles. The molecule has 7 heteroatoms. The van der Waals surface area contributed by atoms with E-state index in [4.69, 9.17) is 4.74 Å². The molecule has 0 aliphatic carbocycles. The number of rotatable bonds is 6. The van der Waals surface area contributed by atoms with Crippen molar-refractivity contribution < 1.29 is 14.4 Å². The summed E-state index contributed by atoms with van der Waals surface area (Å²) >= 11 is 3.36. The molecule has 0 atom stereocenters. The van der Waals surface area contributed by atoms with E-state index in [0.717, 1.165) is 54.7 Å². The number of benzene rings is 1. The highest BCUT2D eigenvalue weighted by Crippen LogP contribution is 2.16. The first-order chi connectivity index (χ1) is 13.7. The van der Waals surface area contributed by atoms with E-state index in [1.807, 2.05) is 41.5 Å². The van der Waals surface area contributed by atoms with E-state index in [1.165, 1.54) is 5.56 Å². The Morgan fingerprint density at radius 1 is 1.18 bits per heavy atom. The van der Waals surface area contributed by atoms with E-state index in [1.54, 1.807) is 27.6 Å². The minimum Gasteiger partial charge on any atom is -0.487 e. The fourth-order valence-corrected chi connectivity index (χ4v) is 4.66. The molecular formula is C21H24N3O2S2+. The van der Waals surface area contributed by atoms with Crippen LogP contribution in [0.4, 0.5) is 0 Å². The monoisotopic (exact) mass is 414 g/mol. The lowest BCUT2D eigenvalue weighted by molar-refractivity contribution is -0.917. The zero-order valence-electron chi connectivity index (χ0n) is 15.9. The van der Waals surface area contributed by atoms with Crippen LogP contribution < -0.4 is 9.64 Å². The van der Waals surface area contributed by atoms with Crippen molar-refractivity contribution in [1.29, 1.82) is 0 Å². The lowest BCUT2D eigenvalue weighted by Gasteiger charge is -2.32. The van der Waals surface area contributed by atoms with Crippen LogP contribution in [0.3, 0.4) is 0 Å². The zero-order valence-corrected chi connectivity index (χ0v) is 17.5. The van der Waals surface area contributed by atoms with E-state index in [9.17, 15) is 4.79 Å². The van der Waals surface area contributed by atoms with Gasteiger partial charge in [0.2, 0.25) is 0 Å². The van der Waals surface area contributed by atoms with Crippen LogP contribution in [-0.2, 0) is 13.2 Å². The number of amides is 1. The van der Waals surface area contributed by atoms with Crippen LogP contribution >= 0.6 is 22.7 Å². The molecule has 1 amide bonds. The van der Waals surface area contributed by atoms with Crippen molar-refractivity contribution >= 4 is 28.6 Å². The average molecular weight is 415 g/mol. The van der Waals surface area contributed by atoms with Gasteiger partial charge in [-0.05, 0) is 48.0 Å². The van der Waals surface area contributed by atoms with Gasteiger partial charge in [-0.1, -0.05) is 0 Å². The summed E-state index contributed by atoms with van der Waals surface area (Å²) < 4.78 is 5.77. The van der Waals surface area contributed by atoms with Gasteiger partial charge in [0.25, 0.3) is 5.91 Å². The predicted octanol–water partition coefficient (Wildman–Crippen LogP) is 2.63. The Hall–Kier alpha value is -2.22. The van der Waals surface area contributed by atoms with E-state index in [-0.39, 0.29) is 5.91 Å². The smallest absolute Gasteiger partial charge is 0.254 e. The Morgan fingerprint density at radius 2 is 1.96 bits per heavy atom. The van der Waals surface area contributed by atoms with Gasteiger partial charge in [0.15, 0.2) is 0 Å². The fourth-order valence-electron chi connectivity index (χ4n) is 3.39. The summed E-state index contributed by atoms with van der Waals surface area (Å²) in [5, 5.41) is 7.38. The van der Waals surface area contributed by atoms with Crippen molar-refractivity contribution in [2.75, 3.05) is 26.2 Å². The highest BCUT2D eigenvalue weighted by Gasteiger charge is 2.24. The van der Waals surface area contributed by atoms with Crippen LogP contribution in [-0.4, -0.2) is 42.0 Å². The number of aromatic nitrogens is 1. The molecular weight excluding hydrogens is 390 g/mol. The van der Waals surface area contributed by atoms with Crippen LogP contribution in [0.1, 0.15) is 26.6 Å². The van der Waals surface area contributed by atoms with Gasteiger partial charge in [0.05, 0.1) is 36.9 Å². The van der Waals surface area contributed by atoms with Crippen LogP contribution in [0.5, 0.6) is 5.75 Å². The molecule has 0 spiro atoms. The minimum atomic E-state index is 0.108. The number of quaternary nitrogens is 1. The molecule has 5 nitrogen and oxygen atoms in total. The van der Waals surface area contributed by atoms with Crippen molar-refractivity contribution in [3.05, 3.63) is 68.3 Å². The first-order valence-electron chi connectivity index (χ1n) is 9.45. The third-order valence-electron chi connectivity index (χ3n) is 4.95. The van der Waals surface area contributed by atoms with Gasteiger partial charge in [-0.3, -0.25) is 4.79 Å². The minimum absolute atomic E-state index is 0.108. The summed E-state index contributed by atoms with van der Waals surface area (Å²) in [5.41, 5.74) is 3.05. The molecule has 0 saturated carbocycles. The first kappa shape index (κ1) is 19.1. The van der Waals surface area contributed by atoms with Crippen molar-refractivity contribution in [3.8, 4) is 5.75 Å². The number of ether oxygens (including phenoxy) is 1. The van der Waals surface area contributed by atoms with Crippen LogP contribution in [0, 0.1) is 6.92 Å². The number of hydrogen-bond acceptors (Lipinski definition) is 5. The second kappa shape index (κ2) is 8.86. The second-order valence-electron chi connectivity index (χ2n) is 7.02. The molecule has 0 radical (unpaired) electrons. The molecule has 146 valence electrons. The summed E-state index contributed by atoms with van der Waals surface area (Å²) in [4.78, 5) is 20.7. The summed E-state index contributed by atoms with van der Waals surface area (Å²) in [7, 11) is 0. The maximum atomic E-state index is 12.8. The van der Waals surface area contributed by atoms with Gasteiger partial charge in [-0.25, -0.2) is 4.98 Å². The largest absolute Gasteiger partial charge is 0.487 e. The molecule has 1 aromatic carbocycles. The Kier molecular flexibility index (Phi) is 6.04. The molecule has 1 N–H and O–H groups in total. The molecule has 1 aliphatic heterocycles. The van der Waals surface area contributed by atoms with E-state index < -0.39 is 0 Å². The highest BCUT2D eigenvalue weighted by atomic mass is 32.1. The number of nitrogens with one attached hydrogen (secondary N) is 1. The lowest BCUT2D eigenvalue weighted by atomic mass is 10.1. The standard InChI is InChI=1S/C21H23N3O2S2/c1-16-22-19(15-28-16)13-26-20-4-2-18(3-5-20)21(25)24-9-7-23(8-10-24)12-17-6-11-27-14-17/h2-6,11,14-15H,7-10,12-13H2,1H3/p+1. The molecule has 28 heavy (non-hydrogen) atoms. The SMILES string of the molecule is Cc1nc(COc2ccc(C(=O)N3CC[NH+](Cc4ccsc4)CC3)cc2)cs1. The van der Waals surface area contributed by atoms with Crippen LogP contribution in [0.2, 0.25) is 0 Å². The van der Waals surface area contributed by atoms with Gasteiger partial charge in [-0.2, -0.15) is 11.3 Å². The molecule has 0 bridgehead atoms. The Balaban J connectivity index is 1.27. The Labute approximate surface area is 173 Å². The Morgan fingerprint density at radius 3 is 2.61 bits per heavy atom. The number of carbonyl (C=O) groups is 1. The van der Waals surface area contributed by atoms with E-state index in [0.29, 0.717) is 6.61 Å². The van der Waals surface area contributed by atoms with Crippen molar-refractivity contribution in [2.45, 2.75) is 20.1 Å². The van der Waals surface area contributed by atoms with Gasteiger partial charge in [0, 0.05) is 16.5 Å². The molecule has 2 aromatic heterocycles. The number of aryl methyl sites for hydroxylation is 1. The number of thiophene rings is 1. The summed E-state index contributed by atoms with van der Waals surface area (Å²) in [5.74, 6) is 0.864. The van der Waals surface area contributed by atoms with Gasteiger partial charge in [-0.15, -0.1) is 11.3 Å². The number of carbonyl (C=O) groups excluding carboxylic acids is 1. The van der Waals surface area contributed by atoms with Crippen LogP contribution in [0.25, 0.3) is 0 Å². The molecule has 3 heterocycles. The average Bonchev–Trinajstić information content (AvgIpc) is 3.38. The lowest BCUT2D eigenvalue weighted by Crippen LogP contribution is -3.13. The van der Waals surface area contributed by atoms with E-state index >= 15 is 0 Å². The third-order valence-corrected chi connectivity index (χ3v) is 6.50. The number of thiazole rings is 1. The molecule has 1 aliphatic rings. The number of nitrogens with zero attached hydrogens (tertiary/aromatic N) is 2. The van der Waals surface area contributed by atoms with E-state index in [2.05, 4.69) is 21.8 Å². The van der Waals surface area contributed by atoms with Crippen molar-refractivity contribution in [1.82, 2.24) is 9.88 Å². The normalized spacial score (nSPS) is 15.0. The summed E-state index contributed by atoms with van der Waals surface area (Å²) in [6, 6.07) is 9.63. The number of hydrogen-bond donors (Lipinski definition) is 1. The van der Waals surface area contributed by atoms with Crippen LogP contribution in [0.15, 0.2) is 46.5 Å². The second-order valence-corrected chi connectivity index (χ2v) is 8.86. The molecule has 4 rings (SSSR count). The first-order valence-corrected chi connectivity index (χ1v) is 11.3. The molecule has 1 fully saturated rings. The fraction of sp³-hybridized carbons (Fsp3) is 0.333. The van der Waals surface area contributed by atoms with Gasteiger partial charge >= 0.3 is 0 Å². The number of piperazine rings is 1. The zero-order chi connectivity index (χ0) is 19.3. The molecule has 0 unspecified atom stereocenters. The Bertz CT molecular complexity index is 898. The maximum absolute atomic E-state index is 12.8. The third kappa shape index (κ3) is 4.79. The predicted molar refractivity (Wildman–Crippen MR) is 112 cm³/mol. The highest BCUT2D eigenvalue weighted by molar-refractivity contribution is 7.09. The van der Waals surface area contributed by atoms with Gasteiger partial charge < -0.3 is 14.5 Å². The maximum Gasteiger partial charge on any atom is 0.254 e. The quantitative estimate of drug-likeness (QED) is 0.675.